The van der Waals surface area contributed by atoms with Crippen LogP contribution in [-0.2, 0) is 4.74 Å². The van der Waals surface area contributed by atoms with Crippen LogP contribution in [0.1, 0.15) is 16.3 Å². The zero-order chi connectivity index (χ0) is 13.1. The van der Waals surface area contributed by atoms with Crippen molar-refractivity contribution in [3.63, 3.8) is 0 Å². The van der Waals surface area contributed by atoms with E-state index < -0.39 is 5.97 Å². The molecule has 0 aliphatic heterocycles. The monoisotopic (exact) mass is 265 g/mol. The number of rotatable bonds is 3. The van der Waals surface area contributed by atoms with E-state index >= 15 is 0 Å². The Bertz CT molecular complexity index is 583. The number of hydrogen-bond donors (Lipinski definition) is 2. The molecule has 3 N–H and O–H groups in total. The maximum absolute atomic E-state index is 11.4. The van der Waals surface area contributed by atoms with Gasteiger partial charge in [0, 0.05) is 0 Å². The number of aryl methyl sites for hydroxylation is 1. The Balaban J connectivity index is 2.29. The van der Waals surface area contributed by atoms with Crippen LogP contribution in [0.25, 0.3) is 0 Å². The summed E-state index contributed by atoms with van der Waals surface area (Å²) in [6.07, 6.45) is 0. The minimum atomic E-state index is -0.511. The van der Waals surface area contributed by atoms with E-state index in [0.717, 1.165) is 0 Å². The van der Waals surface area contributed by atoms with Gasteiger partial charge in [-0.15, -0.1) is 5.10 Å². The zero-order valence-electron chi connectivity index (χ0n) is 9.80. The Morgan fingerprint density at radius 3 is 2.83 bits per heavy atom. The standard InChI is InChI=1S/C10H11N5O2S/c1-5-12-10(15-14-5)18-8-6(11)3-4-7(13-8)9(16)17-2/h3-4H,11H2,1-2H3,(H,12,14,15). The molecule has 0 atom stereocenters. The van der Waals surface area contributed by atoms with E-state index in [-0.39, 0.29) is 5.69 Å². The number of hydrogen-bond acceptors (Lipinski definition) is 7. The molecule has 94 valence electrons. The molecule has 0 saturated heterocycles. The second kappa shape index (κ2) is 5.05. The van der Waals surface area contributed by atoms with Crippen LogP contribution < -0.4 is 5.73 Å². The van der Waals surface area contributed by atoms with Crippen LogP contribution in [0, 0.1) is 6.92 Å². The molecule has 0 amide bonds. The van der Waals surface area contributed by atoms with Crippen molar-refractivity contribution < 1.29 is 9.53 Å². The number of aromatic nitrogens is 4. The number of nitrogens with zero attached hydrogens (tertiary/aromatic N) is 3. The Kier molecular flexibility index (Phi) is 3.47. The molecule has 18 heavy (non-hydrogen) atoms. The van der Waals surface area contributed by atoms with Crippen molar-refractivity contribution in [1.29, 1.82) is 0 Å². The van der Waals surface area contributed by atoms with Crippen molar-refractivity contribution in [3.05, 3.63) is 23.7 Å². The molecule has 0 unspecified atom stereocenters. The fourth-order valence-corrected chi connectivity index (χ4v) is 1.98. The number of anilines is 1. The Labute approximate surface area is 107 Å². The summed E-state index contributed by atoms with van der Waals surface area (Å²) in [5.41, 5.74) is 6.43. The predicted molar refractivity (Wildman–Crippen MR) is 65.2 cm³/mol. The average molecular weight is 265 g/mol. The number of pyridine rings is 1. The number of aromatic amines is 1. The lowest BCUT2D eigenvalue weighted by Gasteiger charge is -2.04. The molecule has 0 saturated carbocycles. The largest absolute Gasteiger partial charge is 0.464 e. The first kappa shape index (κ1) is 12.4. The molecule has 0 aromatic carbocycles. The Morgan fingerprint density at radius 2 is 2.22 bits per heavy atom. The number of H-pyrrole nitrogens is 1. The van der Waals surface area contributed by atoms with Gasteiger partial charge in [0.1, 0.15) is 16.5 Å². The van der Waals surface area contributed by atoms with Gasteiger partial charge in [-0.25, -0.2) is 14.8 Å². The topological polar surface area (TPSA) is 107 Å². The van der Waals surface area contributed by atoms with Crippen LogP contribution in [0.3, 0.4) is 0 Å². The Morgan fingerprint density at radius 1 is 1.44 bits per heavy atom. The van der Waals surface area contributed by atoms with Gasteiger partial charge in [-0.1, -0.05) is 0 Å². The summed E-state index contributed by atoms with van der Waals surface area (Å²) < 4.78 is 4.60. The number of nitrogens with two attached hydrogens (primary N) is 1. The minimum Gasteiger partial charge on any atom is -0.464 e. The van der Waals surface area contributed by atoms with Crippen molar-refractivity contribution in [3.8, 4) is 0 Å². The average Bonchev–Trinajstić information content (AvgIpc) is 2.76. The van der Waals surface area contributed by atoms with Crippen molar-refractivity contribution in [2.45, 2.75) is 17.1 Å². The van der Waals surface area contributed by atoms with Gasteiger partial charge in [-0.05, 0) is 30.8 Å². The molecule has 0 spiro atoms. The molecule has 8 heteroatoms. The molecule has 0 radical (unpaired) electrons. The molecule has 2 aromatic rings. The predicted octanol–water partition coefficient (Wildman–Crippen LogP) is 1.03. The lowest BCUT2D eigenvalue weighted by Crippen LogP contribution is -2.06. The highest BCUT2D eigenvalue weighted by Gasteiger charge is 2.13. The first-order valence-electron chi connectivity index (χ1n) is 5.02. The maximum Gasteiger partial charge on any atom is 0.356 e. The van der Waals surface area contributed by atoms with E-state index in [1.165, 1.54) is 24.9 Å². The van der Waals surface area contributed by atoms with Crippen LogP contribution in [-0.4, -0.2) is 33.2 Å². The number of methoxy groups -OCH3 is 1. The van der Waals surface area contributed by atoms with Gasteiger partial charge in [0.2, 0.25) is 5.16 Å². The van der Waals surface area contributed by atoms with Crippen LogP contribution in [0.5, 0.6) is 0 Å². The van der Waals surface area contributed by atoms with E-state index in [1.807, 2.05) is 0 Å². The van der Waals surface area contributed by atoms with Crippen molar-refractivity contribution >= 4 is 23.4 Å². The van der Waals surface area contributed by atoms with Gasteiger partial charge < -0.3 is 10.5 Å². The van der Waals surface area contributed by atoms with Gasteiger partial charge in [0.15, 0.2) is 0 Å². The summed E-state index contributed by atoms with van der Waals surface area (Å²) in [4.78, 5) is 19.6. The van der Waals surface area contributed by atoms with Crippen LogP contribution >= 0.6 is 11.8 Å². The van der Waals surface area contributed by atoms with Crippen LogP contribution in [0.15, 0.2) is 22.3 Å². The van der Waals surface area contributed by atoms with E-state index in [2.05, 4.69) is 24.9 Å². The smallest absolute Gasteiger partial charge is 0.356 e. The summed E-state index contributed by atoms with van der Waals surface area (Å²) >= 11 is 1.18. The first-order chi connectivity index (χ1) is 8.60. The lowest BCUT2D eigenvalue weighted by molar-refractivity contribution is 0.0593. The highest BCUT2D eigenvalue weighted by atomic mass is 32.2. The molecule has 0 fully saturated rings. The van der Waals surface area contributed by atoms with Gasteiger partial charge in [0.25, 0.3) is 0 Å². The SMILES string of the molecule is COC(=O)c1ccc(N)c(Sc2n[nH]c(C)n2)n1. The highest BCUT2D eigenvalue weighted by molar-refractivity contribution is 7.99. The second-order valence-electron chi connectivity index (χ2n) is 3.39. The zero-order valence-corrected chi connectivity index (χ0v) is 10.6. The summed E-state index contributed by atoms with van der Waals surface area (Å²) in [6.45, 7) is 1.79. The number of nitrogen functional groups attached to an aromatic ring is 1. The molecule has 2 rings (SSSR count). The number of esters is 1. The Hall–Kier alpha value is -2.09. The van der Waals surface area contributed by atoms with Crippen LogP contribution in [0.4, 0.5) is 5.69 Å². The van der Waals surface area contributed by atoms with Crippen molar-refractivity contribution in [2.75, 3.05) is 12.8 Å². The normalized spacial score (nSPS) is 10.3. The molecule has 0 bridgehead atoms. The quantitative estimate of drug-likeness (QED) is 0.798. The number of nitrogens with one attached hydrogen (secondary N) is 1. The fourth-order valence-electron chi connectivity index (χ4n) is 1.21. The third-order valence-corrected chi connectivity index (χ3v) is 2.93. The molecular formula is C10H11N5O2S. The van der Waals surface area contributed by atoms with Crippen molar-refractivity contribution in [1.82, 2.24) is 20.2 Å². The van der Waals surface area contributed by atoms with E-state index in [0.29, 0.717) is 21.7 Å². The molecular weight excluding hydrogens is 254 g/mol. The maximum atomic E-state index is 11.4. The number of ether oxygens (including phenoxy) is 1. The number of carbonyl (C=O) groups excluding carboxylic acids is 1. The van der Waals surface area contributed by atoms with E-state index in [1.54, 1.807) is 13.0 Å². The second-order valence-corrected chi connectivity index (χ2v) is 4.34. The summed E-state index contributed by atoms with van der Waals surface area (Å²) in [6, 6.07) is 3.11. The fraction of sp³-hybridized carbons (Fsp3) is 0.200. The summed E-state index contributed by atoms with van der Waals surface area (Å²) in [5, 5.41) is 7.64. The molecule has 2 heterocycles. The molecule has 7 nitrogen and oxygen atoms in total. The third-order valence-electron chi connectivity index (χ3n) is 2.05. The van der Waals surface area contributed by atoms with E-state index in [9.17, 15) is 4.79 Å². The van der Waals surface area contributed by atoms with Gasteiger partial charge in [-0.3, -0.25) is 5.10 Å². The number of carbonyl (C=O) groups is 1. The summed E-state index contributed by atoms with van der Waals surface area (Å²) in [7, 11) is 1.30. The van der Waals surface area contributed by atoms with Gasteiger partial charge in [0.05, 0.1) is 12.8 Å². The minimum absolute atomic E-state index is 0.196. The lowest BCUT2D eigenvalue weighted by atomic mass is 10.3. The molecule has 0 aliphatic rings. The summed E-state index contributed by atoms with van der Waals surface area (Å²) in [5.74, 6) is 0.184. The van der Waals surface area contributed by atoms with Gasteiger partial charge >= 0.3 is 5.97 Å². The molecule has 0 aliphatic carbocycles. The van der Waals surface area contributed by atoms with E-state index in [4.69, 9.17) is 5.73 Å². The first-order valence-corrected chi connectivity index (χ1v) is 5.83. The van der Waals surface area contributed by atoms with Gasteiger partial charge in [-0.2, -0.15) is 0 Å². The highest BCUT2D eigenvalue weighted by Crippen LogP contribution is 2.27. The molecule has 2 aromatic heterocycles. The van der Waals surface area contributed by atoms with Crippen molar-refractivity contribution in [2.24, 2.45) is 0 Å². The third kappa shape index (κ3) is 2.59. The van der Waals surface area contributed by atoms with Crippen LogP contribution in [0.2, 0.25) is 0 Å².